The van der Waals surface area contributed by atoms with E-state index in [9.17, 15) is 10.1 Å². The number of nitrogens with one attached hydrogen (secondary N) is 1. The molecule has 0 saturated carbocycles. The van der Waals surface area contributed by atoms with E-state index in [2.05, 4.69) is 21.2 Å². The van der Waals surface area contributed by atoms with Crippen LogP contribution in [0.1, 0.15) is 11.1 Å². The first kappa shape index (κ1) is 15.5. The zero-order chi connectivity index (χ0) is 15.2. The van der Waals surface area contributed by atoms with Crippen LogP contribution in [0.2, 0.25) is 0 Å². The Morgan fingerprint density at radius 1 is 1.19 bits per heavy atom. The fraction of sp³-hybridized carbons (Fsp3) is 0.200. The first-order chi connectivity index (χ1) is 10.1. The molecule has 5 nitrogen and oxygen atoms in total. The Kier molecular flexibility index (Phi) is 5.30. The van der Waals surface area contributed by atoms with Gasteiger partial charge in [0.25, 0.3) is 5.69 Å². The molecule has 0 heterocycles. The predicted octanol–water partition coefficient (Wildman–Crippen LogP) is 3.66. The molecule has 1 N–H and O–H groups in total. The Morgan fingerprint density at radius 3 is 2.62 bits per heavy atom. The summed E-state index contributed by atoms with van der Waals surface area (Å²) < 4.78 is 6.63. The van der Waals surface area contributed by atoms with Gasteiger partial charge in [-0.2, -0.15) is 0 Å². The molecule has 2 aromatic carbocycles. The van der Waals surface area contributed by atoms with E-state index >= 15 is 0 Å². The summed E-state index contributed by atoms with van der Waals surface area (Å²) in [5.74, 6) is 0.699. The second kappa shape index (κ2) is 7.19. The number of halogens is 1. The highest BCUT2D eigenvalue weighted by Crippen LogP contribution is 2.30. The number of nitrogens with zero attached hydrogens (tertiary/aromatic N) is 1. The van der Waals surface area contributed by atoms with E-state index in [1.54, 1.807) is 18.2 Å². The van der Waals surface area contributed by atoms with Crippen molar-refractivity contribution in [3.05, 3.63) is 68.2 Å². The molecule has 0 unspecified atom stereocenters. The van der Waals surface area contributed by atoms with Gasteiger partial charge in [-0.05, 0) is 35.1 Å². The molecule has 0 spiro atoms. The second-order valence-electron chi connectivity index (χ2n) is 4.43. The minimum atomic E-state index is -0.396. The van der Waals surface area contributed by atoms with E-state index in [1.807, 2.05) is 25.2 Å². The van der Waals surface area contributed by atoms with Crippen molar-refractivity contribution in [1.82, 2.24) is 5.32 Å². The molecule has 0 amide bonds. The van der Waals surface area contributed by atoms with Crippen molar-refractivity contribution >= 4 is 21.6 Å². The summed E-state index contributed by atoms with van der Waals surface area (Å²) in [6.45, 7) is 0.808. The van der Waals surface area contributed by atoms with Gasteiger partial charge in [0.15, 0.2) is 0 Å². The number of nitro groups is 1. The third-order valence-electron chi connectivity index (χ3n) is 2.98. The van der Waals surface area contributed by atoms with Gasteiger partial charge in [-0.25, -0.2) is 0 Å². The van der Waals surface area contributed by atoms with Crippen molar-refractivity contribution in [2.75, 3.05) is 7.05 Å². The highest BCUT2D eigenvalue weighted by atomic mass is 79.9. The number of rotatable bonds is 6. The maximum Gasteiger partial charge on any atom is 0.276 e. The van der Waals surface area contributed by atoms with Crippen LogP contribution in [0.15, 0.2) is 46.9 Å². The molecule has 0 bridgehead atoms. The zero-order valence-corrected chi connectivity index (χ0v) is 13.1. The fourth-order valence-electron chi connectivity index (χ4n) is 2.01. The van der Waals surface area contributed by atoms with E-state index in [-0.39, 0.29) is 12.3 Å². The molecule has 0 aliphatic rings. The fourth-order valence-corrected chi connectivity index (χ4v) is 2.53. The third kappa shape index (κ3) is 3.80. The summed E-state index contributed by atoms with van der Waals surface area (Å²) in [7, 11) is 1.85. The Labute approximate surface area is 131 Å². The number of nitro benzene ring substituents is 1. The Morgan fingerprint density at radius 2 is 1.90 bits per heavy atom. The van der Waals surface area contributed by atoms with Crippen LogP contribution in [0.5, 0.6) is 5.75 Å². The molecule has 0 saturated heterocycles. The van der Waals surface area contributed by atoms with Crippen LogP contribution in [-0.2, 0) is 13.2 Å². The monoisotopic (exact) mass is 350 g/mol. The van der Waals surface area contributed by atoms with E-state index in [4.69, 9.17) is 4.74 Å². The first-order valence-electron chi connectivity index (χ1n) is 6.40. The average molecular weight is 351 g/mol. The van der Waals surface area contributed by atoms with Crippen LogP contribution in [0.4, 0.5) is 5.69 Å². The lowest BCUT2D eigenvalue weighted by Crippen LogP contribution is -2.08. The molecule has 6 heteroatoms. The lowest BCUT2D eigenvalue weighted by atomic mass is 10.2. The van der Waals surface area contributed by atoms with E-state index < -0.39 is 4.92 Å². The molecule has 0 radical (unpaired) electrons. The van der Waals surface area contributed by atoms with Crippen molar-refractivity contribution in [1.29, 1.82) is 0 Å². The molecule has 0 atom stereocenters. The van der Waals surface area contributed by atoms with Gasteiger partial charge < -0.3 is 10.1 Å². The number of hydrogen-bond acceptors (Lipinski definition) is 4. The minimum absolute atomic E-state index is 0.0692. The maximum atomic E-state index is 11.0. The predicted molar refractivity (Wildman–Crippen MR) is 84.3 cm³/mol. The normalized spacial score (nSPS) is 10.4. The van der Waals surface area contributed by atoms with E-state index in [0.717, 1.165) is 10.0 Å². The summed E-state index contributed by atoms with van der Waals surface area (Å²) in [4.78, 5) is 10.6. The topological polar surface area (TPSA) is 64.4 Å². The summed E-state index contributed by atoms with van der Waals surface area (Å²) in [5, 5.41) is 14.1. The molecule has 2 rings (SSSR count). The molecule has 0 fully saturated rings. The molecule has 2 aromatic rings. The van der Waals surface area contributed by atoms with Crippen LogP contribution < -0.4 is 10.1 Å². The number of para-hydroxylation sites is 2. The molecule has 0 aromatic heterocycles. The van der Waals surface area contributed by atoms with Gasteiger partial charge in [0, 0.05) is 18.2 Å². The Balaban J connectivity index is 2.23. The highest BCUT2D eigenvalue weighted by Gasteiger charge is 2.14. The standard InChI is InChI=1S/C15H15BrN2O3/c1-17-9-11-6-4-7-13(16)15(11)21-10-12-5-2-3-8-14(12)18(19)20/h2-8,17H,9-10H2,1H3. The van der Waals surface area contributed by atoms with Crippen LogP contribution >= 0.6 is 15.9 Å². The lowest BCUT2D eigenvalue weighted by molar-refractivity contribution is -0.385. The van der Waals surface area contributed by atoms with Gasteiger partial charge in [-0.1, -0.05) is 24.3 Å². The van der Waals surface area contributed by atoms with Gasteiger partial charge in [0.05, 0.1) is 15.0 Å². The average Bonchev–Trinajstić information content (AvgIpc) is 2.47. The quantitative estimate of drug-likeness (QED) is 0.637. The van der Waals surface area contributed by atoms with E-state index in [0.29, 0.717) is 17.9 Å². The Bertz CT molecular complexity index is 647. The van der Waals surface area contributed by atoms with Gasteiger partial charge in [-0.15, -0.1) is 0 Å². The van der Waals surface area contributed by atoms with Crippen molar-refractivity contribution in [3.8, 4) is 5.75 Å². The van der Waals surface area contributed by atoms with Crippen molar-refractivity contribution < 1.29 is 9.66 Å². The number of ether oxygens (including phenoxy) is 1. The van der Waals surface area contributed by atoms with Gasteiger partial charge >= 0.3 is 0 Å². The molecule has 0 aliphatic carbocycles. The first-order valence-corrected chi connectivity index (χ1v) is 7.20. The summed E-state index contributed by atoms with van der Waals surface area (Å²) >= 11 is 3.45. The van der Waals surface area contributed by atoms with Crippen LogP contribution in [-0.4, -0.2) is 12.0 Å². The van der Waals surface area contributed by atoms with Crippen molar-refractivity contribution in [3.63, 3.8) is 0 Å². The third-order valence-corrected chi connectivity index (χ3v) is 3.60. The number of hydrogen-bond donors (Lipinski definition) is 1. The SMILES string of the molecule is CNCc1cccc(Br)c1OCc1ccccc1[N+](=O)[O-]. The van der Waals surface area contributed by atoms with Crippen molar-refractivity contribution in [2.24, 2.45) is 0 Å². The molecule has 0 aliphatic heterocycles. The van der Waals surface area contributed by atoms with Crippen LogP contribution in [0.3, 0.4) is 0 Å². The largest absolute Gasteiger partial charge is 0.487 e. The Hall–Kier alpha value is -1.92. The van der Waals surface area contributed by atoms with E-state index in [1.165, 1.54) is 6.07 Å². The minimum Gasteiger partial charge on any atom is -0.487 e. The summed E-state index contributed by atoms with van der Waals surface area (Å²) in [6, 6.07) is 12.4. The molecular formula is C15H15BrN2O3. The van der Waals surface area contributed by atoms with Gasteiger partial charge in [-0.3, -0.25) is 10.1 Å². The van der Waals surface area contributed by atoms with Crippen molar-refractivity contribution in [2.45, 2.75) is 13.2 Å². The maximum absolute atomic E-state index is 11.0. The molecular weight excluding hydrogens is 336 g/mol. The molecule has 21 heavy (non-hydrogen) atoms. The zero-order valence-electron chi connectivity index (χ0n) is 11.5. The molecule has 110 valence electrons. The summed E-state index contributed by atoms with van der Waals surface area (Å²) in [5.41, 5.74) is 1.61. The summed E-state index contributed by atoms with van der Waals surface area (Å²) in [6.07, 6.45) is 0. The van der Waals surface area contributed by atoms with Crippen LogP contribution in [0.25, 0.3) is 0 Å². The van der Waals surface area contributed by atoms with Gasteiger partial charge in [0.2, 0.25) is 0 Å². The second-order valence-corrected chi connectivity index (χ2v) is 5.29. The smallest absolute Gasteiger partial charge is 0.276 e. The number of benzene rings is 2. The van der Waals surface area contributed by atoms with Crippen LogP contribution in [0, 0.1) is 10.1 Å². The highest BCUT2D eigenvalue weighted by molar-refractivity contribution is 9.10. The lowest BCUT2D eigenvalue weighted by Gasteiger charge is -2.13. The van der Waals surface area contributed by atoms with Gasteiger partial charge in [0.1, 0.15) is 12.4 Å².